The highest BCUT2D eigenvalue weighted by Gasteiger charge is 2.35. The Hall–Kier alpha value is -3.27. The van der Waals surface area contributed by atoms with Crippen LogP contribution in [0.2, 0.25) is 10.0 Å². The molecule has 0 spiro atoms. The maximum Gasteiger partial charge on any atom is 0.264 e. The molecule has 44 heavy (non-hydrogen) atoms. The molecule has 4 rings (SSSR count). The average molecular weight is 661 g/mol. The Morgan fingerprint density at radius 1 is 0.955 bits per heavy atom. The molecule has 0 radical (unpaired) electrons. The molecule has 1 atom stereocenters. The third-order valence-corrected chi connectivity index (χ3v) is 10.5. The van der Waals surface area contributed by atoms with Gasteiger partial charge in [-0.05, 0) is 74.7 Å². The van der Waals surface area contributed by atoms with Gasteiger partial charge in [0.25, 0.3) is 10.0 Å². The Bertz CT molecular complexity index is 1520. The van der Waals surface area contributed by atoms with Crippen molar-refractivity contribution < 1.29 is 22.7 Å². The molecule has 11 heteroatoms. The standard InChI is InChI=1S/C33H39Cl2N3O5S/c1-4-31(33(40)36-24-9-6-5-7-10-24)37(21-28-29(34)11-8-12-30(28)35)32(39)22-38(25-15-13-23(2)14-16-25)44(41,42)27-19-17-26(43-3)18-20-27/h8,11-20,24,31H,4-7,9-10,21-22H2,1-3H3,(H,36,40)/t31-/m0/s1. The summed E-state index contributed by atoms with van der Waals surface area (Å²) in [6.45, 7) is 3.10. The zero-order valence-electron chi connectivity index (χ0n) is 25.3. The zero-order valence-corrected chi connectivity index (χ0v) is 27.6. The molecule has 2 amide bonds. The summed E-state index contributed by atoms with van der Waals surface area (Å²) in [4.78, 5) is 29.4. The SMILES string of the molecule is CC[C@@H](C(=O)NC1CCCCC1)N(Cc1c(Cl)cccc1Cl)C(=O)CN(c1ccc(C)cc1)S(=O)(=O)c1ccc(OC)cc1. The molecule has 1 fully saturated rings. The molecule has 0 bridgehead atoms. The van der Waals surface area contributed by atoms with E-state index in [1.54, 1.807) is 54.6 Å². The van der Waals surface area contributed by atoms with E-state index in [2.05, 4.69) is 5.32 Å². The topological polar surface area (TPSA) is 96.0 Å². The van der Waals surface area contributed by atoms with Crippen molar-refractivity contribution in [2.45, 2.75) is 75.9 Å². The van der Waals surface area contributed by atoms with Crippen molar-refractivity contribution in [2.75, 3.05) is 18.0 Å². The summed E-state index contributed by atoms with van der Waals surface area (Å²) in [6.07, 6.45) is 5.28. The fraction of sp³-hybridized carbons (Fsp3) is 0.394. The number of amides is 2. The van der Waals surface area contributed by atoms with Gasteiger partial charge in [-0.25, -0.2) is 8.42 Å². The zero-order chi connectivity index (χ0) is 31.9. The predicted octanol–water partition coefficient (Wildman–Crippen LogP) is 6.76. The number of nitrogens with zero attached hydrogens (tertiary/aromatic N) is 2. The lowest BCUT2D eigenvalue weighted by Crippen LogP contribution is -2.54. The molecule has 0 heterocycles. The molecule has 3 aromatic rings. The molecule has 0 unspecified atom stereocenters. The van der Waals surface area contributed by atoms with Crippen LogP contribution in [0.25, 0.3) is 0 Å². The number of rotatable bonds is 12. The summed E-state index contributed by atoms with van der Waals surface area (Å²) in [7, 11) is -2.71. The molecular formula is C33H39Cl2N3O5S. The van der Waals surface area contributed by atoms with E-state index in [1.807, 2.05) is 13.8 Å². The molecule has 0 aliphatic heterocycles. The Labute approximate surface area is 270 Å². The highest BCUT2D eigenvalue weighted by atomic mass is 35.5. The lowest BCUT2D eigenvalue weighted by Gasteiger charge is -2.34. The number of benzene rings is 3. The smallest absolute Gasteiger partial charge is 0.264 e. The first-order valence-electron chi connectivity index (χ1n) is 14.8. The van der Waals surface area contributed by atoms with Crippen molar-refractivity contribution in [3.05, 3.63) is 87.9 Å². The third kappa shape index (κ3) is 8.06. The monoisotopic (exact) mass is 659 g/mol. The number of nitrogens with one attached hydrogen (secondary N) is 1. The number of ether oxygens (including phenoxy) is 1. The molecular weight excluding hydrogens is 621 g/mol. The average Bonchev–Trinajstić information content (AvgIpc) is 3.02. The van der Waals surface area contributed by atoms with Crippen molar-refractivity contribution in [1.29, 1.82) is 0 Å². The molecule has 1 aliphatic rings. The molecule has 1 N–H and O–H groups in total. The third-order valence-electron chi connectivity index (χ3n) is 7.98. The van der Waals surface area contributed by atoms with Gasteiger partial charge in [0.15, 0.2) is 0 Å². The number of hydrogen-bond donors (Lipinski definition) is 1. The Morgan fingerprint density at radius 3 is 2.14 bits per heavy atom. The van der Waals surface area contributed by atoms with E-state index in [9.17, 15) is 18.0 Å². The Kier molecular flexibility index (Phi) is 11.6. The normalized spacial score (nSPS) is 14.5. The van der Waals surface area contributed by atoms with Gasteiger partial charge in [-0.15, -0.1) is 0 Å². The highest BCUT2D eigenvalue weighted by Crippen LogP contribution is 2.29. The number of methoxy groups -OCH3 is 1. The molecule has 236 valence electrons. The van der Waals surface area contributed by atoms with E-state index in [-0.39, 0.29) is 23.4 Å². The second kappa shape index (κ2) is 15.1. The minimum atomic E-state index is -4.21. The molecule has 0 aromatic heterocycles. The number of hydrogen-bond acceptors (Lipinski definition) is 5. The minimum absolute atomic E-state index is 0.00513. The van der Waals surface area contributed by atoms with Crippen LogP contribution in [-0.2, 0) is 26.2 Å². The maximum absolute atomic E-state index is 14.3. The summed E-state index contributed by atoms with van der Waals surface area (Å²) in [5, 5.41) is 3.83. The van der Waals surface area contributed by atoms with E-state index >= 15 is 0 Å². The fourth-order valence-electron chi connectivity index (χ4n) is 5.43. The van der Waals surface area contributed by atoms with Crippen molar-refractivity contribution in [1.82, 2.24) is 10.2 Å². The van der Waals surface area contributed by atoms with Crippen LogP contribution in [0.1, 0.15) is 56.6 Å². The number of anilines is 1. The van der Waals surface area contributed by atoms with Gasteiger partial charge < -0.3 is 15.0 Å². The van der Waals surface area contributed by atoms with Crippen molar-refractivity contribution in [2.24, 2.45) is 0 Å². The van der Waals surface area contributed by atoms with Crippen LogP contribution in [0.15, 0.2) is 71.6 Å². The van der Waals surface area contributed by atoms with E-state index in [0.29, 0.717) is 33.5 Å². The largest absolute Gasteiger partial charge is 0.497 e. The van der Waals surface area contributed by atoms with Crippen LogP contribution < -0.4 is 14.4 Å². The molecule has 1 saturated carbocycles. The van der Waals surface area contributed by atoms with E-state index in [0.717, 1.165) is 42.0 Å². The molecule has 8 nitrogen and oxygen atoms in total. The summed E-state index contributed by atoms with van der Waals surface area (Å²) in [6, 6.07) is 17.1. The lowest BCUT2D eigenvalue weighted by molar-refractivity contribution is -0.140. The first kappa shape index (κ1) is 33.6. The van der Waals surface area contributed by atoms with Gasteiger partial charge in [0.05, 0.1) is 17.7 Å². The number of carbonyl (C=O) groups is 2. The van der Waals surface area contributed by atoms with Gasteiger partial charge >= 0.3 is 0 Å². The lowest BCUT2D eigenvalue weighted by atomic mass is 9.95. The van der Waals surface area contributed by atoms with Gasteiger partial charge in [0.1, 0.15) is 18.3 Å². The number of carbonyl (C=O) groups excluding carboxylic acids is 2. The van der Waals surface area contributed by atoms with Crippen LogP contribution in [0.4, 0.5) is 5.69 Å². The first-order valence-corrected chi connectivity index (χ1v) is 17.0. The molecule has 0 saturated heterocycles. The van der Waals surface area contributed by atoms with Crippen molar-refractivity contribution >= 4 is 50.7 Å². The van der Waals surface area contributed by atoms with Gasteiger partial charge in [-0.2, -0.15) is 0 Å². The second-order valence-electron chi connectivity index (χ2n) is 11.0. The first-order chi connectivity index (χ1) is 21.0. The second-order valence-corrected chi connectivity index (χ2v) is 13.7. The van der Waals surface area contributed by atoms with Gasteiger partial charge in [0.2, 0.25) is 11.8 Å². The van der Waals surface area contributed by atoms with E-state index < -0.39 is 28.5 Å². The van der Waals surface area contributed by atoms with Crippen LogP contribution in [0.3, 0.4) is 0 Å². The van der Waals surface area contributed by atoms with Gasteiger partial charge in [-0.3, -0.25) is 13.9 Å². The van der Waals surface area contributed by atoms with Crippen LogP contribution in [0.5, 0.6) is 5.75 Å². The van der Waals surface area contributed by atoms with E-state index in [4.69, 9.17) is 27.9 Å². The minimum Gasteiger partial charge on any atom is -0.497 e. The quantitative estimate of drug-likeness (QED) is 0.232. The van der Waals surface area contributed by atoms with Gasteiger partial charge in [0, 0.05) is 28.2 Å². The van der Waals surface area contributed by atoms with Crippen molar-refractivity contribution in [3.8, 4) is 5.75 Å². The summed E-state index contributed by atoms with van der Waals surface area (Å²) in [5.41, 5.74) is 1.73. The predicted molar refractivity (Wildman–Crippen MR) is 175 cm³/mol. The number of sulfonamides is 1. The summed E-state index contributed by atoms with van der Waals surface area (Å²) >= 11 is 13.0. The fourth-order valence-corrected chi connectivity index (χ4v) is 7.36. The molecule has 3 aromatic carbocycles. The van der Waals surface area contributed by atoms with Crippen LogP contribution >= 0.6 is 23.2 Å². The van der Waals surface area contributed by atoms with Crippen LogP contribution in [0, 0.1) is 6.92 Å². The van der Waals surface area contributed by atoms with Crippen molar-refractivity contribution in [3.63, 3.8) is 0 Å². The Morgan fingerprint density at radius 2 is 1.57 bits per heavy atom. The van der Waals surface area contributed by atoms with Gasteiger partial charge in [-0.1, -0.05) is 73.2 Å². The maximum atomic E-state index is 14.3. The summed E-state index contributed by atoms with van der Waals surface area (Å²) in [5.74, 6) is -0.348. The number of halogens is 2. The number of aryl methyl sites for hydroxylation is 1. The van der Waals surface area contributed by atoms with Crippen LogP contribution in [-0.4, -0.2) is 50.9 Å². The highest BCUT2D eigenvalue weighted by molar-refractivity contribution is 7.92. The Balaban J connectivity index is 1.73. The summed E-state index contributed by atoms with van der Waals surface area (Å²) < 4.78 is 34.4. The molecule has 1 aliphatic carbocycles. The van der Waals surface area contributed by atoms with E-state index in [1.165, 1.54) is 24.1 Å².